The van der Waals surface area contributed by atoms with Gasteiger partial charge in [0, 0.05) is 6.54 Å². The van der Waals surface area contributed by atoms with Crippen LogP contribution in [-0.2, 0) is 6.54 Å². The average molecular weight is 286 g/mol. The van der Waals surface area contributed by atoms with Crippen LogP contribution < -0.4 is 10.6 Å². The maximum absolute atomic E-state index is 13.4. The Morgan fingerprint density at radius 3 is 2.57 bits per heavy atom. The summed E-state index contributed by atoms with van der Waals surface area (Å²) < 4.78 is 13.4. The van der Waals surface area contributed by atoms with Gasteiger partial charge in [0.2, 0.25) is 0 Å². The zero-order valence-electron chi connectivity index (χ0n) is 12.2. The largest absolute Gasteiger partial charge is 0.334 e. The van der Waals surface area contributed by atoms with Gasteiger partial charge in [-0.25, -0.2) is 9.18 Å². The molecule has 4 heteroatoms. The van der Waals surface area contributed by atoms with E-state index in [2.05, 4.69) is 10.6 Å². The van der Waals surface area contributed by atoms with Crippen molar-refractivity contribution in [1.29, 1.82) is 0 Å². The molecule has 2 amide bonds. The van der Waals surface area contributed by atoms with Crippen LogP contribution in [0.4, 0.5) is 9.18 Å². The van der Waals surface area contributed by atoms with E-state index in [0.717, 1.165) is 11.1 Å². The second-order valence-corrected chi connectivity index (χ2v) is 5.04. The SMILES string of the molecule is Cc1ccc(CNC(=O)NC(C)c2ccccc2)cc1F. The van der Waals surface area contributed by atoms with E-state index in [0.29, 0.717) is 12.1 Å². The minimum absolute atomic E-state index is 0.0825. The molecule has 0 spiro atoms. The highest BCUT2D eigenvalue weighted by Gasteiger charge is 2.08. The first-order valence-corrected chi connectivity index (χ1v) is 6.90. The van der Waals surface area contributed by atoms with Gasteiger partial charge in [-0.2, -0.15) is 0 Å². The number of amides is 2. The third-order valence-electron chi connectivity index (χ3n) is 3.34. The summed E-state index contributed by atoms with van der Waals surface area (Å²) >= 11 is 0. The number of hydrogen-bond donors (Lipinski definition) is 2. The highest BCUT2D eigenvalue weighted by Crippen LogP contribution is 2.11. The molecule has 0 heterocycles. The number of nitrogens with one attached hydrogen (secondary N) is 2. The van der Waals surface area contributed by atoms with Crippen molar-refractivity contribution in [3.05, 3.63) is 71.0 Å². The number of carbonyl (C=O) groups is 1. The molecule has 0 bridgehead atoms. The van der Waals surface area contributed by atoms with E-state index in [1.807, 2.05) is 37.3 Å². The summed E-state index contributed by atoms with van der Waals surface area (Å²) in [6.07, 6.45) is 0. The van der Waals surface area contributed by atoms with Gasteiger partial charge in [0.15, 0.2) is 0 Å². The molecule has 0 aromatic heterocycles. The van der Waals surface area contributed by atoms with Crippen molar-refractivity contribution in [2.24, 2.45) is 0 Å². The van der Waals surface area contributed by atoms with Gasteiger partial charge in [0.25, 0.3) is 0 Å². The molecule has 0 fully saturated rings. The lowest BCUT2D eigenvalue weighted by Gasteiger charge is -2.15. The van der Waals surface area contributed by atoms with Gasteiger partial charge < -0.3 is 10.6 Å². The van der Waals surface area contributed by atoms with E-state index in [4.69, 9.17) is 0 Å². The monoisotopic (exact) mass is 286 g/mol. The van der Waals surface area contributed by atoms with Crippen LogP contribution in [0.2, 0.25) is 0 Å². The second kappa shape index (κ2) is 6.88. The van der Waals surface area contributed by atoms with E-state index in [-0.39, 0.29) is 17.9 Å². The van der Waals surface area contributed by atoms with Crippen LogP contribution in [0.25, 0.3) is 0 Å². The molecule has 2 N–H and O–H groups in total. The lowest BCUT2D eigenvalue weighted by atomic mass is 10.1. The zero-order valence-corrected chi connectivity index (χ0v) is 12.2. The molecule has 1 unspecified atom stereocenters. The van der Waals surface area contributed by atoms with Crippen molar-refractivity contribution in [2.45, 2.75) is 26.4 Å². The summed E-state index contributed by atoms with van der Waals surface area (Å²) in [5, 5.41) is 5.58. The molecule has 2 aromatic carbocycles. The fraction of sp³-hybridized carbons (Fsp3) is 0.235. The van der Waals surface area contributed by atoms with Gasteiger partial charge in [0.1, 0.15) is 5.82 Å². The van der Waals surface area contributed by atoms with Crippen LogP contribution >= 0.6 is 0 Å². The van der Waals surface area contributed by atoms with E-state index in [1.165, 1.54) is 6.07 Å². The van der Waals surface area contributed by atoms with E-state index in [9.17, 15) is 9.18 Å². The Kier molecular flexibility index (Phi) is 4.93. The van der Waals surface area contributed by atoms with Gasteiger partial charge in [0.05, 0.1) is 6.04 Å². The Morgan fingerprint density at radius 2 is 1.90 bits per heavy atom. The molecule has 110 valence electrons. The molecular formula is C17H19FN2O. The minimum atomic E-state index is -0.271. The summed E-state index contributed by atoms with van der Waals surface area (Å²) in [7, 11) is 0. The van der Waals surface area contributed by atoms with Crippen LogP contribution in [0.1, 0.15) is 29.7 Å². The van der Waals surface area contributed by atoms with Crippen LogP contribution in [0.3, 0.4) is 0 Å². The van der Waals surface area contributed by atoms with Crippen molar-refractivity contribution < 1.29 is 9.18 Å². The fourth-order valence-corrected chi connectivity index (χ4v) is 2.00. The molecule has 2 rings (SSSR count). The quantitative estimate of drug-likeness (QED) is 0.884. The van der Waals surface area contributed by atoms with Gasteiger partial charge >= 0.3 is 6.03 Å². The predicted molar refractivity (Wildman–Crippen MR) is 81.4 cm³/mol. The van der Waals surface area contributed by atoms with E-state index in [1.54, 1.807) is 19.1 Å². The number of hydrogen-bond acceptors (Lipinski definition) is 1. The topological polar surface area (TPSA) is 41.1 Å². The maximum Gasteiger partial charge on any atom is 0.315 e. The molecule has 0 saturated carbocycles. The molecule has 0 aliphatic carbocycles. The summed E-state index contributed by atoms with van der Waals surface area (Å²) in [6, 6.07) is 14.3. The highest BCUT2D eigenvalue weighted by molar-refractivity contribution is 5.74. The average Bonchev–Trinajstić information content (AvgIpc) is 2.49. The van der Waals surface area contributed by atoms with Crippen molar-refractivity contribution in [3.8, 4) is 0 Å². The standard InChI is InChI=1S/C17H19FN2O/c1-12-8-9-14(10-16(12)18)11-19-17(21)20-13(2)15-6-4-3-5-7-15/h3-10,13H,11H2,1-2H3,(H2,19,20,21). The molecule has 3 nitrogen and oxygen atoms in total. The summed E-state index contributed by atoms with van der Waals surface area (Å²) in [5.74, 6) is -0.257. The summed E-state index contributed by atoms with van der Waals surface area (Å²) in [6.45, 7) is 3.92. The van der Waals surface area contributed by atoms with Crippen molar-refractivity contribution in [3.63, 3.8) is 0 Å². The molecule has 2 aromatic rings. The van der Waals surface area contributed by atoms with Crippen LogP contribution in [0, 0.1) is 12.7 Å². The molecule has 21 heavy (non-hydrogen) atoms. The lowest BCUT2D eigenvalue weighted by Crippen LogP contribution is -2.36. The normalized spacial score (nSPS) is 11.8. The van der Waals surface area contributed by atoms with Crippen molar-refractivity contribution in [1.82, 2.24) is 10.6 Å². The predicted octanol–water partition coefficient (Wildman–Crippen LogP) is 3.69. The van der Waals surface area contributed by atoms with E-state index < -0.39 is 0 Å². The second-order valence-electron chi connectivity index (χ2n) is 5.04. The first kappa shape index (κ1) is 15.0. The molecule has 1 atom stereocenters. The number of urea groups is 1. The highest BCUT2D eigenvalue weighted by atomic mass is 19.1. The number of rotatable bonds is 4. The van der Waals surface area contributed by atoms with Gasteiger partial charge in [-0.05, 0) is 36.6 Å². The summed E-state index contributed by atoms with van der Waals surface area (Å²) in [5.41, 5.74) is 2.37. The van der Waals surface area contributed by atoms with Gasteiger partial charge in [-0.1, -0.05) is 42.5 Å². The number of benzene rings is 2. The first-order chi connectivity index (χ1) is 10.1. The van der Waals surface area contributed by atoms with Gasteiger partial charge in [-0.3, -0.25) is 0 Å². The number of aryl methyl sites for hydroxylation is 1. The molecule has 0 radical (unpaired) electrons. The van der Waals surface area contributed by atoms with Crippen molar-refractivity contribution >= 4 is 6.03 Å². The lowest BCUT2D eigenvalue weighted by molar-refractivity contribution is 0.237. The molecule has 0 aliphatic heterocycles. The van der Waals surface area contributed by atoms with E-state index >= 15 is 0 Å². The van der Waals surface area contributed by atoms with Gasteiger partial charge in [-0.15, -0.1) is 0 Å². The Morgan fingerprint density at radius 1 is 1.19 bits per heavy atom. The number of halogens is 1. The van der Waals surface area contributed by atoms with Crippen molar-refractivity contribution in [2.75, 3.05) is 0 Å². The Balaban J connectivity index is 1.86. The zero-order chi connectivity index (χ0) is 15.2. The third kappa shape index (κ3) is 4.31. The molecular weight excluding hydrogens is 267 g/mol. The Hall–Kier alpha value is -2.36. The first-order valence-electron chi connectivity index (χ1n) is 6.90. The minimum Gasteiger partial charge on any atom is -0.334 e. The summed E-state index contributed by atoms with van der Waals surface area (Å²) in [4.78, 5) is 11.8. The Bertz CT molecular complexity index is 613. The fourth-order valence-electron chi connectivity index (χ4n) is 2.00. The number of carbonyl (C=O) groups excluding carboxylic acids is 1. The van der Waals surface area contributed by atoms with Crippen LogP contribution in [0.5, 0.6) is 0 Å². The molecule has 0 saturated heterocycles. The molecule has 0 aliphatic rings. The Labute approximate surface area is 124 Å². The van der Waals surface area contributed by atoms with Crippen LogP contribution in [0.15, 0.2) is 48.5 Å². The third-order valence-corrected chi connectivity index (χ3v) is 3.34. The van der Waals surface area contributed by atoms with Crippen LogP contribution in [-0.4, -0.2) is 6.03 Å². The maximum atomic E-state index is 13.4. The smallest absolute Gasteiger partial charge is 0.315 e.